The number of aromatic nitrogens is 2. The van der Waals surface area contributed by atoms with Crippen molar-refractivity contribution in [2.75, 3.05) is 18.0 Å². The SMILES string of the molecule is CCc1nc2n(c1C(=O)O)CCN2c1c(C)cc(C)cc1C.Fc1cccc(C[N-]CCC(F)(F)F)c1. The predicted molar refractivity (Wildman–Crippen MR) is 135 cm³/mol. The van der Waals surface area contributed by atoms with Gasteiger partial charge in [-0.1, -0.05) is 42.3 Å². The van der Waals surface area contributed by atoms with Gasteiger partial charge in [-0.2, -0.15) is 13.2 Å². The van der Waals surface area contributed by atoms with Gasteiger partial charge in [-0.25, -0.2) is 14.2 Å². The van der Waals surface area contributed by atoms with E-state index in [1.54, 1.807) is 6.07 Å². The maximum Gasteiger partial charge on any atom is 0.387 e. The summed E-state index contributed by atoms with van der Waals surface area (Å²) < 4.78 is 49.7. The molecule has 0 atom stereocenters. The van der Waals surface area contributed by atoms with E-state index in [1.165, 1.54) is 34.9 Å². The molecule has 4 rings (SSSR count). The van der Waals surface area contributed by atoms with Crippen LogP contribution in [0, 0.1) is 26.6 Å². The summed E-state index contributed by atoms with van der Waals surface area (Å²) in [7, 11) is 0. The van der Waals surface area contributed by atoms with Crippen molar-refractivity contribution in [3.63, 3.8) is 0 Å². The van der Waals surface area contributed by atoms with Gasteiger partial charge >= 0.3 is 12.1 Å². The molecule has 0 aliphatic carbocycles. The number of carboxylic acids is 1. The molecule has 0 unspecified atom stereocenters. The summed E-state index contributed by atoms with van der Waals surface area (Å²) >= 11 is 0. The van der Waals surface area contributed by atoms with Gasteiger partial charge in [-0.3, -0.25) is 0 Å². The Balaban J connectivity index is 0.000000222. The fraction of sp³-hybridized carbons (Fsp3) is 0.407. The van der Waals surface area contributed by atoms with Gasteiger partial charge in [0.1, 0.15) is 5.82 Å². The molecule has 1 N–H and O–H groups in total. The van der Waals surface area contributed by atoms with Crippen LogP contribution >= 0.6 is 0 Å². The molecule has 10 heteroatoms. The Morgan fingerprint density at radius 3 is 2.35 bits per heavy atom. The summed E-state index contributed by atoms with van der Waals surface area (Å²) in [6.07, 6.45) is -4.48. The molecule has 2 heterocycles. The molecule has 0 spiro atoms. The molecule has 6 nitrogen and oxygen atoms in total. The van der Waals surface area contributed by atoms with E-state index in [1.807, 2.05) is 11.5 Å². The van der Waals surface area contributed by atoms with Crippen molar-refractivity contribution in [3.8, 4) is 0 Å². The average Bonchev–Trinajstić information content (AvgIpc) is 3.35. The Bertz CT molecular complexity index is 1230. The first-order chi connectivity index (χ1) is 17.4. The van der Waals surface area contributed by atoms with Crippen LogP contribution in [0.4, 0.5) is 29.2 Å². The van der Waals surface area contributed by atoms with Gasteiger partial charge in [0.15, 0.2) is 5.69 Å². The van der Waals surface area contributed by atoms with Crippen molar-refractivity contribution < 1.29 is 27.5 Å². The van der Waals surface area contributed by atoms with Crippen LogP contribution in [-0.2, 0) is 19.5 Å². The highest BCUT2D eigenvalue weighted by molar-refractivity contribution is 5.88. The Morgan fingerprint density at radius 1 is 1.11 bits per heavy atom. The first kappa shape index (κ1) is 28.2. The molecule has 0 bridgehead atoms. The van der Waals surface area contributed by atoms with Crippen LogP contribution in [0.2, 0.25) is 0 Å². The summed E-state index contributed by atoms with van der Waals surface area (Å²) in [5.74, 6) is -0.544. The average molecular weight is 520 g/mol. The van der Waals surface area contributed by atoms with Gasteiger partial charge in [0, 0.05) is 25.2 Å². The number of rotatable bonds is 7. The van der Waals surface area contributed by atoms with Crippen LogP contribution in [-0.4, -0.2) is 39.9 Å². The second-order valence-electron chi connectivity index (χ2n) is 9.02. The summed E-state index contributed by atoms with van der Waals surface area (Å²) in [6, 6.07) is 9.99. The molecule has 0 fully saturated rings. The topological polar surface area (TPSA) is 72.5 Å². The lowest BCUT2D eigenvalue weighted by Crippen LogP contribution is -2.17. The number of aryl methyl sites for hydroxylation is 4. The molecule has 2 aromatic carbocycles. The van der Waals surface area contributed by atoms with Crippen LogP contribution in [0.1, 0.15) is 51.8 Å². The Morgan fingerprint density at radius 2 is 1.78 bits per heavy atom. The molecule has 3 aromatic rings. The van der Waals surface area contributed by atoms with E-state index < -0.39 is 24.4 Å². The number of imidazole rings is 1. The van der Waals surface area contributed by atoms with Gasteiger partial charge in [0.05, 0.1) is 5.69 Å². The Labute approximate surface area is 213 Å². The molecule has 0 saturated carbocycles. The Hall–Kier alpha value is -3.40. The predicted octanol–water partition coefficient (Wildman–Crippen LogP) is 6.87. The van der Waals surface area contributed by atoms with Gasteiger partial charge in [-0.15, -0.1) is 13.1 Å². The second kappa shape index (κ2) is 11.8. The molecule has 0 saturated heterocycles. The van der Waals surface area contributed by atoms with E-state index >= 15 is 0 Å². The summed E-state index contributed by atoms with van der Waals surface area (Å²) in [6.45, 7) is 9.49. The molecule has 200 valence electrons. The van der Waals surface area contributed by atoms with Crippen LogP contribution in [0.5, 0.6) is 0 Å². The number of carbonyl (C=O) groups is 1. The molecule has 0 radical (unpaired) electrons. The number of hydrogen-bond donors (Lipinski definition) is 1. The largest absolute Gasteiger partial charge is 0.658 e. The van der Waals surface area contributed by atoms with Crippen molar-refractivity contribution >= 4 is 17.6 Å². The fourth-order valence-electron chi connectivity index (χ4n) is 4.55. The number of halogens is 4. The number of nitrogens with zero attached hydrogens (tertiary/aromatic N) is 4. The highest BCUT2D eigenvalue weighted by atomic mass is 19.4. The third-order valence-corrected chi connectivity index (χ3v) is 5.99. The van der Waals surface area contributed by atoms with Gasteiger partial charge < -0.3 is 19.9 Å². The summed E-state index contributed by atoms with van der Waals surface area (Å²) in [5.41, 5.74) is 6.36. The zero-order chi connectivity index (χ0) is 27.3. The van der Waals surface area contributed by atoms with E-state index in [0.29, 0.717) is 29.9 Å². The maximum absolute atomic E-state index is 12.6. The van der Waals surface area contributed by atoms with Crippen molar-refractivity contribution in [2.24, 2.45) is 0 Å². The number of carboxylic acid groups (broad SMARTS) is 1. The molecule has 37 heavy (non-hydrogen) atoms. The summed E-state index contributed by atoms with van der Waals surface area (Å²) in [5, 5.41) is 13.2. The number of fused-ring (bicyclic) bond motifs is 1. The highest BCUT2D eigenvalue weighted by Crippen LogP contribution is 2.36. The summed E-state index contributed by atoms with van der Waals surface area (Å²) in [4.78, 5) is 18.3. The van der Waals surface area contributed by atoms with Crippen molar-refractivity contribution in [1.82, 2.24) is 9.55 Å². The normalized spacial score (nSPS) is 12.8. The zero-order valence-electron chi connectivity index (χ0n) is 21.4. The van der Waals surface area contributed by atoms with Crippen LogP contribution in [0.25, 0.3) is 5.32 Å². The lowest BCUT2D eigenvalue weighted by molar-refractivity contribution is -0.131. The monoisotopic (exact) mass is 519 g/mol. The minimum atomic E-state index is -4.18. The van der Waals surface area contributed by atoms with Crippen LogP contribution in [0.15, 0.2) is 36.4 Å². The van der Waals surface area contributed by atoms with Gasteiger partial charge in [0.25, 0.3) is 0 Å². The first-order valence-electron chi connectivity index (χ1n) is 12.0. The lowest BCUT2D eigenvalue weighted by atomic mass is 10.0. The standard InChI is InChI=1S/C17H21N3O2.C10H10F4N/c1-5-13-15(16(21)22)20-7-6-19(17(20)18-13)14-11(3)8-10(2)9-12(14)4;11-9-3-1-2-8(6-9)7-15-5-4-10(12,13)14/h8-9H,5-7H2,1-4H3,(H,21,22);1-3,6H,4-5,7H2/q;-1. The number of aromatic carboxylic acids is 1. The van der Waals surface area contributed by atoms with Crippen LogP contribution < -0.4 is 4.90 Å². The quantitative estimate of drug-likeness (QED) is 0.273. The van der Waals surface area contributed by atoms with E-state index in [0.717, 1.165) is 18.2 Å². The van der Waals surface area contributed by atoms with Crippen molar-refractivity contribution in [1.29, 1.82) is 0 Å². The van der Waals surface area contributed by atoms with Gasteiger partial charge in [0.2, 0.25) is 5.95 Å². The molecule has 1 aliphatic heterocycles. The molecule has 1 aliphatic rings. The number of hydrogen-bond acceptors (Lipinski definition) is 3. The third-order valence-electron chi connectivity index (χ3n) is 5.99. The minimum Gasteiger partial charge on any atom is -0.658 e. The van der Waals surface area contributed by atoms with E-state index in [4.69, 9.17) is 0 Å². The van der Waals surface area contributed by atoms with E-state index in [-0.39, 0.29) is 13.1 Å². The maximum atomic E-state index is 12.6. The minimum absolute atomic E-state index is 0.119. The third kappa shape index (κ3) is 7.09. The smallest absolute Gasteiger partial charge is 0.387 e. The molecule has 0 amide bonds. The fourth-order valence-corrected chi connectivity index (χ4v) is 4.55. The number of anilines is 2. The lowest BCUT2D eigenvalue weighted by Gasteiger charge is -2.22. The molecular formula is C27H31F4N4O2-. The highest BCUT2D eigenvalue weighted by Gasteiger charge is 2.31. The van der Waals surface area contributed by atoms with Crippen molar-refractivity contribution in [3.05, 3.63) is 81.2 Å². The molecular weight excluding hydrogens is 488 g/mol. The number of alkyl halides is 3. The van der Waals surface area contributed by atoms with E-state index in [2.05, 4.69) is 48.1 Å². The second-order valence-corrected chi connectivity index (χ2v) is 9.02. The zero-order valence-corrected chi connectivity index (χ0v) is 21.4. The molecule has 1 aromatic heterocycles. The Kier molecular flexibility index (Phi) is 8.96. The van der Waals surface area contributed by atoms with E-state index in [9.17, 15) is 27.5 Å². The van der Waals surface area contributed by atoms with Gasteiger partial charge in [-0.05, 0) is 50.5 Å². The number of benzene rings is 2. The van der Waals surface area contributed by atoms with Crippen molar-refractivity contribution in [2.45, 2.75) is 59.8 Å². The van der Waals surface area contributed by atoms with Crippen LogP contribution in [0.3, 0.4) is 0 Å². The first-order valence-corrected chi connectivity index (χ1v) is 12.0.